The van der Waals surface area contributed by atoms with Crippen LogP contribution in [0.15, 0.2) is 53.1 Å². The first-order chi connectivity index (χ1) is 13.5. The number of amides is 1. The molecule has 0 radical (unpaired) electrons. The van der Waals surface area contributed by atoms with Crippen molar-refractivity contribution in [2.45, 2.75) is 20.3 Å². The summed E-state index contributed by atoms with van der Waals surface area (Å²) in [6, 6.07) is 12.9. The van der Waals surface area contributed by atoms with Crippen LogP contribution in [0.25, 0.3) is 21.5 Å². The van der Waals surface area contributed by atoms with Crippen molar-refractivity contribution in [2.75, 3.05) is 6.54 Å². The van der Waals surface area contributed by atoms with Crippen LogP contribution in [0.5, 0.6) is 0 Å². The van der Waals surface area contributed by atoms with Crippen LogP contribution in [0.4, 0.5) is 4.39 Å². The van der Waals surface area contributed by atoms with Crippen LogP contribution < -0.4 is 5.32 Å². The molecule has 0 saturated carbocycles. The number of hydrogen-bond acceptors (Lipinski definition) is 4. The highest BCUT2D eigenvalue weighted by Gasteiger charge is 2.17. The molecular weight excluding hydrogens is 375 g/mol. The number of carbonyl (C=O) groups is 1. The Labute approximate surface area is 166 Å². The third-order valence-electron chi connectivity index (χ3n) is 4.63. The van der Waals surface area contributed by atoms with Gasteiger partial charge in [-0.05, 0) is 43.7 Å². The zero-order valence-corrected chi connectivity index (χ0v) is 16.4. The Hall–Kier alpha value is -2.99. The van der Waals surface area contributed by atoms with Gasteiger partial charge < -0.3 is 9.73 Å². The molecule has 0 atom stereocenters. The summed E-state index contributed by atoms with van der Waals surface area (Å²) >= 11 is 1.31. The first-order valence-corrected chi connectivity index (χ1v) is 9.82. The Morgan fingerprint density at radius 2 is 1.96 bits per heavy atom. The molecule has 0 bridgehead atoms. The molecule has 0 saturated heterocycles. The third-order valence-corrected chi connectivity index (χ3v) is 5.88. The van der Waals surface area contributed by atoms with Crippen LogP contribution in [0.3, 0.4) is 0 Å². The molecule has 0 aliphatic carbocycles. The Morgan fingerprint density at radius 1 is 1.18 bits per heavy atom. The van der Waals surface area contributed by atoms with Crippen molar-refractivity contribution in [3.8, 4) is 11.5 Å². The second kappa shape index (κ2) is 7.56. The predicted octanol–water partition coefficient (Wildman–Crippen LogP) is 5.28. The molecule has 1 amide bonds. The van der Waals surface area contributed by atoms with Gasteiger partial charge in [0.15, 0.2) is 0 Å². The van der Waals surface area contributed by atoms with Gasteiger partial charge in [-0.15, -0.1) is 11.3 Å². The Morgan fingerprint density at radius 3 is 2.71 bits per heavy atom. The van der Waals surface area contributed by atoms with E-state index < -0.39 is 0 Å². The number of fused-ring (bicyclic) bond motifs is 1. The van der Waals surface area contributed by atoms with E-state index in [2.05, 4.69) is 10.3 Å². The Kier molecular flexibility index (Phi) is 4.96. The van der Waals surface area contributed by atoms with Gasteiger partial charge in [0.2, 0.25) is 5.89 Å². The summed E-state index contributed by atoms with van der Waals surface area (Å²) in [5.41, 5.74) is 3.55. The summed E-state index contributed by atoms with van der Waals surface area (Å²) in [7, 11) is 0. The largest absolute Gasteiger partial charge is 0.444 e. The van der Waals surface area contributed by atoms with Crippen molar-refractivity contribution in [1.29, 1.82) is 0 Å². The lowest BCUT2D eigenvalue weighted by atomic mass is 10.1. The molecule has 4 aromatic rings. The van der Waals surface area contributed by atoms with Gasteiger partial charge in [0.1, 0.15) is 12.1 Å². The van der Waals surface area contributed by atoms with Crippen molar-refractivity contribution in [1.82, 2.24) is 10.3 Å². The molecule has 4 nitrogen and oxygen atoms in total. The number of nitrogens with zero attached hydrogens (tertiary/aromatic N) is 1. The number of nitrogens with one attached hydrogen (secondary N) is 1. The number of aromatic nitrogens is 1. The van der Waals surface area contributed by atoms with Gasteiger partial charge >= 0.3 is 0 Å². The van der Waals surface area contributed by atoms with Gasteiger partial charge in [0, 0.05) is 28.6 Å². The summed E-state index contributed by atoms with van der Waals surface area (Å²) < 4.78 is 20.3. The fourth-order valence-electron chi connectivity index (χ4n) is 3.10. The standard InChI is InChI=1S/C22H19FN2O2S/c1-13-6-8-15(9-7-13)22-25-16(12-27-22)10-11-24-21(26)20-14(2)19-17(23)4-3-5-18(19)28-20/h3-9,12H,10-11H2,1-2H3,(H,24,26). The molecule has 0 unspecified atom stereocenters. The van der Waals surface area contributed by atoms with Crippen LogP contribution in [0.1, 0.15) is 26.5 Å². The van der Waals surface area contributed by atoms with E-state index in [0.29, 0.717) is 34.7 Å². The van der Waals surface area contributed by atoms with E-state index in [9.17, 15) is 9.18 Å². The smallest absolute Gasteiger partial charge is 0.261 e. The highest BCUT2D eigenvalue weighted by molar-refractivity contribution is 7.21. The molecule has 142 valence electrons. The van der Waals surface area contributed by atoms with Crippen molar-refractivity contribution in [2.24, 2.45) is 0 Å². The number of thiophene rings is 1. The maximum absolute atomic E-state index is 14.0. The third kappa shape index (κ3) is 3.55. The average Bonchev–Trinajstić information content (AvgIpc) is 3.28. The van der Waals surface area contributed by atoms with E-state index in [4.69, 9.17) is 4.42 Å². The molecule has 2 aromatic carbocycles. The fraction of sp³-hybridized carbons (Fsp3) is 0.182. The van der Waals surface area contributed by atoms with Gasteiger partial charge in [0.05, 0.1) is 10.6 Å². The van der Waals surface area contributed by atoms with E-state index in [1.54, 1.807) is 19.3 Å². The van der Waals surface area contributed by atoms with Crippen molar-refractivity contribution < 1.29 is 13.6 Å². The quantitative estimate of drug-likeness (QED) is 0.501. The molecule has 0 aliphatic heterocycles. The summed E-state index contributed by atoms with van der Waals surface area (Å²) in [6.07, 6.45) is 2.17. The van der Waals surface area contributed by atoms with Gasteiger partial charge in [-0.2, -0.15) is 0 Å². The number of oxazole rings is 1. The molecule has 4 rings (SSSR count). The summed E-state index contributed by atoms with van der Waals surface area (Å²) in [5, 5.41) is 3.42. The summed E-state index contributed by atoms with van der Waals surface area (Å²) in [4.78, 5) is 17.5. The topological polar surface area (TPSA) is 55.1 Å². The van der Waals surface area contributed by atoms with Gasteiger partial charge in [0.25, 0.3) is 5.91 Å². The Bertz CT molecular complexity index is 1150. The predicted molar refractivity (Wildman–Crippen MR) is 109 cm³/mol. The second-order valence-corrected chi connectivity index (χ2v) is 7.74. The first kappa shape index (κ1) is 18.4. The zero-order chi connectivity index (χ0) is 19.7. The average molecular weight is 394 g/mol. The van der Waals surface area contributed by atoms with E-state index in [1.165, 1.54) is 23.0 Å². The van der Waals surface area contributed by atoms with Gasteiger partial charge in [-0.1, -0.05) is 23.8 Å². The number of rotatable bonds is 5. The van der Waals surface area contributed by atoms with Gasteiger partial charge in [-0.3, -0.25) is 4.79 Å². The minimum Gasteiger partial charge on any atom is -0.444 e. The number of benzene rings is 2. The van der Waals surface area contributed by atoms with E-state index >= 15 is 0 Å². The molecule has 2 aromatic heterocycles. The van der Waals surface area contributed by atoms with E-state index in [-0.39, 0.29) is 11.7 Å². The lowest BCUT2D eigenvalue weighted by Crippen LogP contribution is -2.25. The molecule has 0 fully saturated rings. The summed E-state index contributed by atoms with van der Waals surface area (Å²) in [5.74, 6) is 0.0778. The minimum absolute atomic E-state index is 0.194. The maximum Gasteiger partial charge on any atom is 0.261 e. The molecule has 28 heavy (non-hydrogen) atoms. The van der Waals surface area contributed by atoms with Crippen molar-refractivity contribution >= 4 is 27.3 Å². The van der Waals surface area contributed by atoms with Crippen molar-refractivity contribution in [3.05, 3.63) is 76.2 Å². The number of halogens is 1. The fourth-order valence-corrected chi connectivity index (χ4v) is 4.24. The van der Waals surface area contributed by atoms with Crippen LogP contribution in [-0.4, -0.2) is 17.4 Å². The summed E-state index contributed by atoms with van der Waals surface area (Å²) in [6.45, 7) is 4.23. The lowest BCUT2D eigenvalue weighted by Gasteiger charge is -2.03. The maximum atomic E-state index is 14.0. The molecule has 0 aliphatic rings. The molecule has 2 heterocycles. The zero-order valence-electron chi connectivity index (χ0n) is 15.6. The molecule has 0 spiro atoms. The monoisotopic (exact) mass is 394 g/mol. The van der Waals surface area contributed by atoms with Crippen LogP contribution in [0, 0.1) is 19.7 Å². The van der Waals surface area contributed by atoms with Crippen LogP contribution in [-0.2, 0) is 6.42 Å². The van der Waals surface area contributed by atoms with Crippen LogP contribution >= 0.6 is 11.3 Å². The molecule has 1 N–H and O–H groups in total. The normalized spacial score (nSPS) is 11.1. The van der Waals surface area contributed by atoms with Gasteiger partial charge in [-0.25, -0.2) is 9.37 Å². The number of hydrogen-bond donors (Lipinski definition) is 1. The molecular formula is C22H19FN2O2S. The molecule has 6 heteroatoms. The highest BCUT2D eigenvalue weighted by atomic mass is 32.1. The lowest BCUT2D eigenvalue weighted by molar-refractivity contribution is 0.0957. The second-order valence-electron chi connectivity index (χ2n) is 6.69. The minimum atomic E-state index is -0.295. The highest BCUT2D eigenvalue weighted by Crippen LogP contribution is 2.32. The SMILES string of the molecule is Cc1ccc(-c2nc(CCNC(=O)c3sc4cccc(F)c4c3C)co2)cc1. The van der Waals surface area contributed by atoms with Crippen molar-refractivity contribution in [3.63, 3.8) is 0 Å². The van der Waals surface area contributed by atoms with Crippen LogP contribution in [0.2, 0.25) is 0 Å². The number of carbonyl (C=O) groups excluding carboxylic acids is 1. The first-order valence-electron chi connectivity index (χ1n) is 9.00. The number of aryl methyl sites for hydroxylation is 2. The van der Waals surface area contributed by atoms with E-state index in [0.717, 1.165) is 16.0 Å². The Balaban J connectivity index is 1.40. The van der Waals surface area contributed by atoms with E-state index in [1.807, 2.05) is 37.3 Å².